The van der Waals surface area contributed by atoms with E-state index in [4.69, 9.17) is 5.11 Å². The van der Waals surface area contributed by atoms with Crippen LogP contribution >= 0.6 is 0 Å². The van der Waals surface area contributed by atoms with Crippen molar-refractivity contribution >= 4 is 11.7 Å². The lowest BCUT2D eigenvalue weighted by Crippen LogP contribution is -2.32. The van der Waals surface area contributed by atoms with Crippen LogP contribution in [0, 0.1) is 5.92 Å². The van der Waals surface area contributed by atoms with Crippen molar-refractivity contribution in [1.29, 1.82) is 0 Å². The molecule has 0 atom stereocenters. The van der Waals surface area contributed by atoms with E-state index in [1.54, 1.807) is 4.90 Å². The molecule has 1 aromatic carbocycles. The van der Waals surface area contributed by atoms with Gasteiger partial charge in [-0.25, -0.2) is 4.79 Å². The average molecular weight is 301 g/mol. The van der Waals surface area contributed by atoms with E-state index in [1.165, 1.54) is 12.1 Å². The normalized spacial score (nSPS) is 15.3. The van der Waals surface area contributed by atoms with Crippen LogP contribution in [0.1, 0.15) is 42.6 Å². The lowest BCUT2D eigenvalue weighted by atomic mass is 10.1. The van der Waals surface area contributed by atoms with Crippen LogP contribution in [-0.2, 0) is 6.18 Å². The molecule has 0 aliphatic heterocycles. The molecule has 2 rings (SSSR count). The fraction of sp³-hybridized carbons (Fsp3) is 0.533. The lowest BCUT2D eigenvalue weighted by Gasteiger charge is -2.29. The number of halogens is 3. The fourth-order valence-corrected chi connectivity index (χ4v) is 2.37. The maximum Gasteiger partial charge on any atom is 0.418 e. The second-order valence-electron chi connectivity index (χ2n) is 5.81. The van der Waals surface area contributed by atoms with E-state index in [0.717, 1.165) is 18.9 Å². The van der Waals surface area contributed by atoms with Gasteiger partial charge in [-0.15, -0.1) is 0 Å². The first-order chi connectivity index (χ1) is 9.70. The molecule has 0 amide bonds. The third kappa shape index (κ3) is 3.68. The Bertz CT molecular complexity index is 536. The van der Waals surface area contributed by atoms with Gasteiger partial charge in [-0.2, -0.15) is 13.2 Å². The number of carboxylic acid groups (broad SMARTS) is 1. The molecular formula is C15H18F3NO2. The average Bonchev–Trinajstić information content (AvgIpc) is 3.18. The molecule has 0 bridgehead atoms. The molecule has 6 heteroatoms. The van der Waals surface area contributed by atoms with Crippen molar-refractivity contribution in [2.75, 3.05) is 11.4 Å². The van der Waals surface area contributed by atoms with Crippen LogP contribution in [0.25, 0.3) is 0 Å². The van der Waals surface area contributed by atoms with Crippen molar-refractivity contribution in [1.82, 2.24) is 0 Å². The van der Waals surface area contributed by atoms with Crippen molar-refractivity contribution in [3.05, 3.63) is 29.3 Å². The second-order valence-corrected chi connectivity index (χ2v) is 5.81. The molecule has 0 radical (unpaired) electrons. The zero-order valence-electron chi connectivity index (χ0n) is 11.9. The highest BCUT2D eigenvalue weighted by Gasteiger charge is 2.39. The maximum absolute atomic E-state index is 13.3. The molecule has 1 aromatic rings. The largest absolute Gasteiger partial charge is 0.478 e. The highest BCUT2D eigenvalue weighted by Crippen LogP contribution is 2.41. The van der Waals surface area contributed by atoms with Gasteiger partial charge in [0.15, 0.2) is 0 Å². The highest BCUT2D eigenvalue weighted by atomic mass is 19.4. The standard InChI is InChI=1S/C15H18F3NO2/c1-9(2)8-19(11-4-5-11)13-6-3-10(14(20)21)7-12(13)15(16,17)18/h3,6-7,9,11H,4-5,8H2,1-2H3,(H,20,21). The zero-order valence-corrected chi connectivity index (χ0v) is 11.9. The molecule has 0 aromatic heterocycles. The Kier molecular flexibility index (Phi) is 4.16. The third-order valence-corrected chi connectivity index (χ3v) is 3.41. The summed E-state index contributed by atoms with van der Waals surface area (Å²) in [4.78, 5) is 12.7. The van der Waals surface area contributed by atoms with Crippen LogP contribution < -0.4 is 4.90 Å². The van der Waals surface area contributed by atoms with Gasteiger partial charge in [-0.3, -0.25) is 0 Å². The summed E-state index contributed by atoms with van der Waals surface area (Å²) in [7, 11) is 0. The number of alkyl halides is 3. The minimum absolute atomic E-state index is 0.0868. The van der Waals surface area contributed by atoms with E-state index in [2.05, 4.69) is 0 Å². The molecule has 1 N–H and O–H groups in total. The van der Waals surface area contributed by atoms with Gasteiger partial charge < -0.3 is 10.0 Å². The molecule has 1 aliphatic rings. The van der Waals surface area contributed by atoms with Crippen LogP contribution in [0.5, 0.6) is 0 Å². The molecule has 0 saturated heterocycles. The Morgan fingerprint density at radius 2 is 2.00 bits per heavy atom. The second kappa shape index (κ2) is 5.58. The Labute approximate surface area is 121 Å². The zero-order chi connectivity index (χ0) is 15.8. The van der Waals surface area contributed by atoms with Gasteiger partial charge in [0.1, 0.15) is 0 Å². The Morgan fingerprint density at radius 3 is 2.43 bits per heavy atom. The number of rotatable bonds is 5. The minimum atomic E-state index is -4.56. The predicted octanol–water partition coefficient (Wildman–Crippen LogP) is 4.03. The summed E-state index contributed by atoms with van der Waals surface area (Å²) in [5, 5.41) is 8.89. The number of carboxylic acids is 1. The summed E-state index contributed by atoms with van der Waals surface area (Å²) < 4.78 is 39.8. The van der Waals surface area contributed by atoms with Gasteiger partial charge in [-0.1, -0.05) is 13.8 Å². The molecule has 3 nitrogen and oxygen atoms in total. The van der Waals surface area contributed by atoms with Gasteiger partial charge >= 0.3 is 12.1 Å². The van der Waals surface area contributed by atoms with E-state index in [-0.39, 0.29) is 23.2 Å². The molecule has 0 spiro atoms. The summed E-state index contributed by atoms with van der Waals surface area (Å²) in [6, 6.07) is 3.38. The van der Waals surface area contributed by atoms with E-state index < -0.39 is 17.7 Å². The summed E-state index contributed by atoms with van der Waals surface area (Å²) in [6.45, 7) is 4.43. The molecule has 1 aliphatic carbocycles. The Hall–Kier alpha value is -1.72. The number of nitrogens with zero attached hydrogens (tertiary/aromatic N) is 1. The van der Waals surface area contributed by atoms with Crippen LogP contribution in [0.4, 0.5) is 18.9 Å². The fourth-order valence-electron chi connectivity index (χ4n) is 2.37. The van der Waals surface area contributed by atoms with Gasteiger partial charge in [0.05, 0.1) is 11.1 Å². The summed E-state index contributed by atoms with van der Waals surface area (Å²) >= 11 is 0. The van der Waals surface area contributed by atoms with Gasteiger partial charge in [0.2, 0.25) is 0 Å². The quantitative estimate of drug-likeness (QED) is 0.892. The summed E-state index contributed by atoms with van der Waals surface area (Å²) in [5.41, 5.74) is -1.12. The van der Waals surface area contributed by atoms with Crippen molar-refractivity contribution in [2.45, 2.75) is 38.9 Å². The molecule has 0 unspecified atom stereocenters. The van der Waals surface area contributed by atoms with Crippen LogP contribution in [-0.4, -0.2) is 23.7 Å². The van der Waals surface area contributed by atoms with Crippen molar-refractivity contribution in [3.8, 4) is 0 Å². The molecular weight excluding hydrogens is 283 g/mol. The summed E-state index contributed by atoms with van der Waals surface area (Å²) in [6.07, 6.45) is -2.81. The van der Waals surface area contributed by atoms with E-state index >= 15 is 0 Å². The SMILES string of the molecule is CC(C)CN(c1ccc(C(=O)O)cc1C(F)(F)F)C1CC1. The van der Waals surface area contributed by atoms with Gasteiger partial charge in [0.25, 0.3) is 0 Å². The summed E-state index contributed by atoms with van der Waals surface area (Å²) in [5.74, 6) is -1.13. The maximum atomic E-state index is 13.3. The number of aromatic carboxylic acids is 1. The van der Waals surface area contributed by atoms with E-state index in [9.17, 15) is 18.0 Å². The van der Waals surface area contributed by atoms with E-state index in [0.29, 0.717) is 6.54 Å². The molecule has 21 heavy (non-hydrogen) atoms. The van der Waals surface area contributed by atoms with Crippen molar-refractivity contribution < 1.29 is 23.1 Å². The van der Waals surface area contributed by atoms with Crippen molar-refractivity contribution in [2.24, 2.45) is 5.92 Å². The monoisotopic (exact) mass is 301 g/mol. The number of carbonyl (C=O) groups is 1. The van der Waals surface area contributed by atoms with Crippen LogP contribution in [0.15, 0.2) is 18.2 Å². The van der Waals surface area contributed by atoms with Crippen molar-refractivity contribution in [3.63, 3.8) is 0 Å². The first-order valence-corrected chi connectivity index (χ1v) is 6.91. The predicted molar refractivity (Wildman–Crippen MR) is 73.6 cm³/mol. The van der Waals surface area contributed by atoms with Gasteiger partial charge in [0, 0.05) is 18.3 Å². The highest BCUT2D eigenvalue weighted by molar-refractivity contribution is 5.88. The Morgan fingerprint density at radius 1 is 1.38 bits per heavy atom. The molecule has 0 heterocycles. The van der Waals surface area contributed by atoms with Crippen LogP contribution in [0.3, 0.4) is 0 Å². The molecule has 116 valence electrons. The smallest absolute Gasteiger partial charge is 0.418 e. The van der Waals surface area contributed by atoms with Crippen LogP contribution in [0.2, 0.25) is 0 Å². The molecule has 1 saturated carbocycles. The first kappa shape index (κ1) is 15.7. The Balaban J connectivity index is 2.47. The molecule has 1 fully saturated rings. The van der Waals surface area contributed by atoms with Gasteiger partial charge in [-0.05, 0) is 37.0 Å². The first-order valence-electron chi connectivity index (χ1n) is 6.91. The lowest BCUT2D eigenvalue weighted by molar-refractivity contribution is -0.137. The number of hydrogen-bond donors (Lipinski definition) is 1. The number of hydrogen-bond acceptors (Lipinski definition) is 2. The van der Waals surface area contributed by atoms with E-state index in [1.807, 2.05) is 13.8 Å². The minimum Gasteiger partial charge on any atom is -0.478 e. The third-order valence-electron chi connectivity index (χ3n) is 3.41. The topological polar surface area (TPSA) is 40.5 Å². The number of benzene rings is 1. The number of anilines is 1.